The van der Waals surface area contributed by atoms with Gasteiger partial charge in [0.1, 0.15) is 13.2 Å². The minimum Gasteiger partial charge on any atom is -0.434 e. The van der Waals surface area contributed by atoms with Gasteiger partial charge in [-0.15, -0.1) is 0 Å². The second kappa shape index (κ2) is 6.47. The molecule has 0 aliphatic carbocycles. The van der Waals surface area contributed by atoms with Gasteiger partial charge in [0.05, 0.1) is 13.2 Å². The van der Waals surface area contributed by atoms with Crippen molar-refractivity contribution in [1.82, 2.24) is 0 Å². The summed E-state index contributed by atoms with van der Waals surface area (Å²) in [5.41, 5.74) is 0. The highest BCUT2D eigenvalue weighted by atomic mass is 19.4. The second-order valence-corrected chi connectivity index (χ2v) is 2.11. The fourth-order valence-corrected chi connectivity index (χ4v) is 0.497. The average Bonchev–Trinajstić information content (AvgIpc) is 2.02. The molecule has 0 saturated carbocycles. The van der Waals surface area contributed by atoms with E-state index in [1.165, 1.54) is 0 Å². The summed E-state index contributed by atoms with van der Waals surface area (Å²) in [4.78, 5) is 10.4. The molecular formula is C7H10F3O4. The first-order valence-electron chi connectivity index (χ1n) is 3.69. The van der Waals surface area contributed by atoms with Crippen LogP contribution in [0.25, 0.3) is 0 Å². The summed E-state index contributed by atoms with van der Waals surface area (Å²) in [6, 6.07) is 0. The van der Waals surface area contributed by atoms with Gasteiger partial charge in [-0.05, 0) is 6.92 Å². The third kappa shape index (κ3) is 9.11. The Morgan fingerprint density at radius 2 is 1.86 bits per heavy atom. The van der Waals surface area contributed by atoms with Crippen LogP contribution in [0.5, 0.6) is 0 Å². The molecule has 0 bridgehead atoms. The third-order valence-corrected chi connectivity index (χ3v) is 0.933. The van der Waals surface area contributed by atoms with Crippen LogP contribution < -0.4 is 0 Å². The molecular weight excluding hydrogens is 205 g/mol. The zero-order chi connectivity index (χ0) is 11.0. The SMILES string of the molecule is [CH2]COC(=O)OCCOCC(F)(F)F. The Labute approximate surface area is 78.9 Å². The zero-order valence-corrected chi connectivity index (χ0v) is 7.30. The van der Waals surface area contributed by atoms with E-state index in [9.17, 15) is 18.0 Å². The molecule has 0 atom stereocenters. The molecule has 0 spiro atoms. The number of halogens is 3. The maximum absolute atomic E-state index is 11.5. The van der Waals surface area contributed by atoms with Crippen LogP contribution >= 0.6 is 0 Å². The normalized spacial score (nSPS) is 11.1. The van der Waals surface area contributed by atoms with Crippen molar-refractivity contribution in [1.29, 1.82) is 0 Å². The van der Waals surface area contributed by atoms with Gasteiger partial charge in [-0.25, -0.2) is 4.79 Å². The highest BCUT2D eigenvalue weighted by molar-refractivity contribution is 5.59. The molecule has 0 rings (SSSR count). The van der Waals surface area contributed by atoms with Crippen molar-refractivity contribution in [3.8, 4) is 0 Å². The van der Waals surface area contributed by atoms with Crippen LogP contribution in [0.3, 0.4) is 0 Å². The van der Waals surface area contributed by atoms with Gasteiger partial charge in [0, 0.05) is 0 Å². The van der Waals surface area contributed by atoms with Crippen molar-refractivity contribution in [3.05, 3.63) is 6.92 Å². The molecule has 83 valence electrons. The molecule has 0 unspecified atom stereocenters. The van der Waals surface area contributed by atoms with Gasteiger partial charge < -0.3 is 14.2 Å². The zero-order valence-electron chi connectivity index (χ0n) is 7.30. The molecule has 4 nitrogen and oxygen atoms in total. The smallest absolute Gasteiger partial charge is 0.434 e. The number of rotatable bonds is 5. The van der Waals surface area contributed by atoms with Crippen LogP contribution in [0.2, 0.25) is 0 Å². The summed E-state index contributed by atoms with van der Waals surface area (Å²) in [6.45, 7) is 1.13. The van der Waals surface area contributed by atoms with Crippen LogP contribution in [0.1, 0.15) is 0 Å². The van der Waals surface area contributed by atoms with Gasteiger partial charge in [0.25, 0.3) is 0 Å². The molecule has 0 heterocycles. The predicted octanol–water partition coefficient (Wildman–Crippen LogP) is 1.55. The van der Waals surface area contributed by atoms with E-state index in [-0.39, 0.29) is 19.8 Å². The summed E-state index contributed by atoms with van der Waals surface area (Å²) >= 11 is 0. The molecule has 1 radical (unpaired) electrons. The van der Waals surface area contributed by atoms with E-state index in [2.05, 4.69) is 21.1 Å². The summed E-state index contributed by atoms with van der Waals surface area (Å²) in [7, 11) is 0. The molecule has 7 heteroatoms. The summed E-state index contributed by atoms with van der Waals surface area (Å²) in [5, 5.41) is 0. The van der Waals surface area contributed by atoms with Crippen molar-refractivity contribution in [2.75, 3.05) is 26.4 Å². The highest BCUT2D eigenvalue weighted by Gasteiger charge is 2.27. The van der Waals surface area contributed by atoms with Crippen LogP contribution in [0.4, 0.5) is 18.0 Å². The van der Waals surface area contributed by atoms with Crippen molar-refractivity contribution < 1.29 is 32.2 Å². The van der Waals surface area contributed by atoms with Gasteiger partial charge in [-0.2, -0.15) is 13.2 Å². The average molecular weight is 215 g/mol. The maximum Gasteiger partial charge on any atom is 0.508 e. The van der Waals surface area contributed by atoms with Crippen molar-refractivity contribution in [3.63, 3.8) is 0 Å². The van der Waals surface area contributed by atoms with Crippen molar-refractivity contribution in [2.45, 2.75) is 6.18 Å². The summed E-state index contributed by atoms with van der Waals surface area (Å²) < 4.78 is 47.2. The first-order valence-corrected chi connectivity index (χ1v) is 3.69. The van der Waals surface area contributed by atoms with Gasteiger partial charge in [0.2, 0.25) is 0 Å². The molecule has 0 aromatic carbocycles. The minimum absolute atomic E-state index is 0.0950. The first-order chi connectivity index (χ1) is 6.45. The molecule has 0 aromatic rings. The standard InChI is InChI=1S/C7H10F3O4/c1-2-13-6(11)14-4-3-12-5-7(8,9)10/h1-5H2. The fourth-order valence-electron chi connectivity index (χ4n) is 0.497. The molecule has 0 fully saturated rings. The van der Waals surface area contributed by atoms with Crippen molar-refractivity contribution in [2.24, 2.45) is 0 Å². The molecule has 0 aliphatic heterocycles. The van der Waals surface area contributed by atoms with Gasteiger partial charge in [-0.3, -0.25) is 0 Å². The quantitative estimate of drug-likeness (QED) is 0.515. The Morgan fingerprint density at radius 1 is 1.21 bits per heavy atom. The lowest BCUT2D eigenvalue weighted by atomic mass is 10.7. The van der Waals surface area contributed by atoms with Gasteiger partial charge in [-0.1, -0.05) is 0 Å². The van der Waals surface area contributed by atoms with Crippen LogP contribution in [0.15, 0.2) is 0 Å². The van der Waals surface area contributed by atoms with Crippen LogP contribution in [-0.2, 0) is 14.2 Å². The number of alkyl halides is 3. The summed E-state index contributed by atoms with van der Waals surface area (Å²) in [6.07, 6.45) is -5.34. The molecule has 0 N–H and O–H groups in total. The van der Waals surface area contributed by atoms with Gasteiger partial charge in [0.15, 0.2) is 0 Å². The number of ether oxygens (including phenoxy) is 3. The minimum atomic E-state index is -4.37. The molecule has 0 saturated heterocycles. The third-order valence-electron chi connectivity index (χ3n) is 0.933. The van der Waals surface area contributed by atoms with E-state index < -0.39 is 18.9 Å². The number of carbonyl (C=O) groups excluding carboxylic acids is 1. The van der Waals surface area contributed by atoms with Crippen LogP contribution in [0, 0.1) is 6.92 Å². The Kier molecular flexibility index (Phi) is 6.02. The topological polar surface area (TPSA) is 44.8 Å². The largest absolute Gasteiger partial charge is 0.508 e. The Hall–Kier alpha value is -0.980. The van der Waals surface area contributed by atoms with E-state index in [1.807, 2.05) is 0 Å². The molecule has 0 aliphatic rings. The molecule has 0 amide bonds. The first kappa shape index (κ1) is 13.0. The molecule has 14 heavy (non-hydrogen) atoms. The predicted molar refractivity (Wildman–Crippen MR) is 39.5 cm³/mol. The lowest BCUT2D eigenvalue weighted by molar-refractivity contribution is -0.175. The maximum atomic E-state index is 11.5. The summed E-state index contributed by atoms with van der Waals surface area (Å²) in [5.74, 6) is 0. The van der Waals surface area contributed by atoms with E-state index >= 15 is 0 Å². The number of hydrogen-bond donors (Lipinski definition) is 0. The Bertz CT molecular complexity index is 169. The van der Waals surface area contributed by atoms with Crippen LogP contribution in [-0.4, -0.2) is 38.8 Å². The van der Waals surface area contributed by atoms with E-state index in [0.29, 0.717) is 0 Å². The fraction of sp³-hybridized carbons (Fsp3) is 0.714. The monoisotopic (exact) mass is 215 g/mol. The van der Waals surface area contributed by atoms with Gasteiger partial charge >= 0.3 is 12.3 Å². The lowest BCUT2D eigenvalue weighted by Gasteiger charge is -2.07. The van der Waals surface area contributed by atoms with E-state index in [0.717, 1.165) is 0 Å². The Morgan fingerprint density at radius 3 is 2.36 bits per heavy atom. The second-order valence-electron chi connectivity index (χ2n) is 2.11. The lowest BCUT2D eigenvalue weighted by Crippen LogP contribution is -2.20. The number of hydrogen-bond acceptors (Lipinski definition) is 4. The number of carbonyl (C=O) groups is 1. The van der Waals surface area contributed by atoms with Crippen molar-refractivity contribution >= 4 is 6.16 Å². The van der Waals surface area contributed by atoms with E-state index in [4.69, 9.17) is 0 Å². The Balaban J connectivity index is 3.26. The highest BCUT2D eigenvalue weighted by Crippen LogP contribution is 2.13. The van der Waals surface area contributed by atoms with E-state index in [1.54, 1.807) is 0 Å². The molecule has 0 aromatic heterocycles.